The summed E-state index contributed by atoms with van der Waals surface area (Å²) in [5, 5.41) is 7.11. The summed E-state index contributed by atoms with van der Waals surface area (Å²) < 4.78 is 2.36. The number of nitrogens with zero attached hydrogens (tertiary/aromatic N) is 3. The van der Waals surface area contributed by atoms with E-state index in [1.165, 1.54) is 21.8 Å². The van der Waals surface area contributed by atoms with Crippen molar-refractivity contribution in [3.63, 3.8) is 0 Å². The van der Waals surface area contributed by atoms with Gasteiger partial charge in [-0.3, -0.25) is 0 Å². The highest BCUT2D eigenvalue weighted by atomic mass is 15.6. The molecule has 2 heterocycles. The summed E-state index contributed by atoms with van der Waals surface area (Å²) >= 11 is 0. The van der Waals surface area contributed by atoms with Gasteiger partial charge in [-0.05, 0) is 66.2 Å². The van der Waals surface area contributed by atoms with Gasteiger partial charge in [0.15, 0.2) is 0 Å². The molecule has 8 rings (SSSR count). The summed E-state index contributed by atoms with van der Waals surface area (Å²) in [5.74, 6) is 0. The highest BCUT2D eigenvalue weighted by molar-refractivity contribution is 6.11. The van der Waals surface area contributed by atoms with Crippen molar-refractivity contribution < 1.29 is 0 Å². The van der Waals surface area contributed by atoms with Gasteiger partial charge in [0.05, 0.1) is 33.8 Å². The zero-order valence-electron chi connectivity index (χ0n) is 22.5. The molecule has 3 nitrogen and oxygen atoms in total. The van der Waals surface area contributed by atoms with E-state index in [1.807, 2.05) is 0 Å². The lowest BCUT2D eigenvalue weighted by atomic mass is 9.97. The van der Waals surface area contributed by atoms with Crippen molar-refractivity contribution in [2.75, 3.05) is 10.0 Å². The summed E-state index contributed by atoms with van der Waals surface area (Å²) in [5.41, 5.74) is 11.1. The summed E-state index contributed by atoms with van der Waals surface area (Å²) in [6.07, 6.45) is 0. The molecule has 0 unspecified atom stereocenters. The monoisotopic (exact) mass is 525 g/mol. The Morgan fingerprint density at radius 3 is 1.59 bits per heavy atom. The Hall–Kier alpha value is -5.54. The number of fused-ring (bicyclic) bond motifs is 5. The molecule has 0 saturated heterocycles. The number of para-hydroxylation sites is 5. The first kappa shape index (κ1) is 23.4. The third-order valence-electron chi connectivity index (χ3n) is 8.03. The van der Waals surface area contributed by atoms with Crippen LogP contribution in [0.5, 0.6) is 0 Å². The SMILES string of the molecule is C=C1c2ccccc2N(c2ccccc2)N(c2ccc3c(c2)c2ccccc2n3-c2ccccc2)c2ccccc21. The number of aromatic nitrogens is 1. The van der Waals surface area contributed by atoms with Crippen LogP contribution in [-0.4, -0.2) is 4.57 Å². The second kappa shape index (κ2) is 9.29. The number of hydrogen-bond acceptors (Lipinski definition) is 2. The average molecular weight is 526 g/mol. The van der Waals surface area contributed by atoms with E-state index in [-0.39, 0.29) is 0 Å². The second-order valence-corrected chi connectivity index (χ2v) is 10.4. The number of rotatable bonds is 3. The van der Waals surface area contributed by atoms with Crippen LogP contribution in [0.4, 0.5) is 22.7 Å². The predicted octanol–water partition coefficient (Wildman–Crippen LogP) is 10.0. The van der Waals surface area contributed by atoms with Crippen LogP contribution in [0.1, 0.15) is 11.1 Å². The standard InChI is InChI=1S/C38H27N3/c1-27-31-18-8-12-22-37(31)40(29-16-6-3-7-17-29)41(38-23-13-9-19-32(27)38)30-24-25-36-34(26-30)33-20-10-11-21-35(33)39(36)28-14-4-2-5-15-28/h2-26H,1H2. The molecule has 6 aromatic carbocycles. The minimum absolute atomic E-state index is 1.02. The molecule has 0 aliphatic carbocycles. The number of hydrazine groups is 1. The Morgan fingerprint density at radius 1 is 0.390 bits per heavy atom. The van der Waals surface area contributed by atoms with Gasteiger partial charge in [0.25, 0.3) is 0 Å². The highest BCUT2D eigenvalue weighted by Crippen LogP contribution is 2.47. The Bertz CT molecular complexity index is 2070. The maximum absolute atomic E-state index is 4.58. The molecule has 0 bridgehead atoms. The third kappa shape index (κ3) is 3.60. The quantitative estimate of drug-likeness (QED) is 0.227. The maximum atomic E-state index is 4.58. The lowest BCUT2D eigenvalue weighted by Gasteiger charge is -2.38. The molecule has 0 amide bonds. The molecule has 0 N–H and O–H groups in total. The second-order valence-electron chi connectivity index (χ2n) is 10.4. The Kier molecular flexibility index (Phi) is 5.29. The first-order chi connectivity index (χ1) is 20.3. The third-order valence-corrected chi connectivity index (χ3v) is 8.03. The molecule has 0 fully saturated rings. The molecule has 1 aliphatic rings. The van der Waals surface area contributed by atoms with Gasteiger partial charge in [0, 0.05) is 27.6 Å². The minimum Gasteiger partial charge on any atom is -0.309 e. The van der Waals surface area contributed by atoms with Crippen LogP contribution in [0.3, 0.4) is 0 Å². The zero-order valence-corrected chi connectivity index (χ0v) is 22.5. The minimum atomic E-state index is 1.02. The molecule has 7 aromatic rings. The first-order valence-electron chi connectivity index (χ1n) is 13.9. The van der Waals surface area contributed by atoms with Crippen LogP contribution in [-0.2, 0) is 0 Å². The van der Waals surface area contributed by atoms with Crippen molar-refractivity contribution in [3.8, 4) is 5.69 Å². The number of benzene rings is 6. The van der Waals surface area contributed by atoms with Crippen molar-refractivity contribution in [2.45, 2.75) is 0 Å². The highest BCUT2D eigenvalue weighted by Gasteiger charge is 2.30. The molecular weight excluding hydrogens is 498 g/mol. The normalized spacial score (nSPS) is 12.8. The van der Waals surface area contributed by atoms with Gasteiger partial charge < -0.3 is 4.57 Å². The van der Waals surface area contributed by atoms with Crippen LogP contribution in [0.2, 0.25) is 0 Å². The first-order valence-corrected chi connectivity index (χ1v) is 13.9. The molecule has 41 heavy (non-hydrogen) atoms. The molecule has 194 valence electrons. The summed E-state index contributed by atoms with van der Waals surface area (Å²) in [7, 11) is 0. The molecule has 0 saturated carbocycles. The van der Waals surface area contributed by atoms with E-state index >= 15 is 0 Å². The van der Waals surface area contributed by atoms with Crippen LogP contribution in [0.25, 0.3) is 33.1 Å². The van der Waals surface area contributed by atoms with E-state index in [4.69, 9.17) is 0 Å². The summed E-state index contributed by atoms with van der Waals surface area (Å²) in [6, 6.07) is 53.8. The van der Waals surface area contributed by atoms with Crippen molar-refractivity contribution in [2.24, 2.45) is 0 Å². The summed E-state index contributed by atoms with van der Waals surface area (Å²) in [4.78, 5) is 0. The topological polar surface area (TPSA) is 11.4 Å². The lowest BCUT2D eigenvalue weighted by molar-refractivity contribution is 0.994. The van der Waals surface area contributed by atoms with Gasteiger partial charge in [0.2, 0.25) is 0 Å². The fraction of sp³-hybridized carbons (Fsp3) is 0. The maximum Gasteiger partial charge on any atom is 0.0715 e. The van der Waals surface area contributed by atoms with E-state index in [2.05, 4.69) is 173 Å². The van der Waals surface area contributed by atoms with Crippen molar-refractivity contribution in [1.29, 1.82) is 0 Å². The molecule has 0 radical (unpaired) electrons. The number of hydrogen-bond donors (Lipinski definition) is 0. The predicted molar refractivity (Wildman–Crippen MR) is 173 cm³/mol. The van der Waals surface area contributed by atoms with Crippen molar-refractivity contribution in [1.82, 2.24) is 4.57 Å². The van der Waals surface area contributed by atoms with Gasteiger partial charge >= 0.3 is 0 Å². The summed E-state index contributed by atoms with van der Waals surface area (Å²) in [6.45, 7) is 4.58. The van der Waals surface area contributed by atoms with E-state index in [0.717, 1.165) is 45.1 Å². The smallest absolute Gasteiger partial charge is 0.0715 e. The van der Waals surface area contributed by atoms with Gasteiger partial charge in [-0.25, -0.2) is 10.0 Å². The molecule has 3 heteroatoms. The van der Waals surface area contributed by atoms with E-state index < -0.39 is 0 Å². The van der Waals surface area contributed by atoms with Crippen LogP contribution in [0, 0.1) is 0 Å². The molecule has 0 spiro atoms. The molecule has 1 aliphatic heterocycles. The fourth-order valence-corrected chi connectivity index (χ4v) is 6.21. The van der Waals surface area contributed by atoms with Gasteiger partial charge in [-0.15, -0.1) is 0 Å². The fourth-order valence-electron chi connectivity index (χ4n) is 6.21. The Balaban J connectivity index is 1.44. The van der Waals surface area contributed by atoms with Gasteiger partial charge in [0.1, 0.15) is 0 Å². The average Bonchev–Trinajstić information content (AvgIpc) is 3.32. The van der Waals surface area contributed by atoms with Gasteiger partial charge in [-0.2, -0.15) is 0 Å². The molecular formula is C38H27N3. The lowest BCUT2D eigenvalue weighted by Crippen LogP contribution is -2.35. The van der Waals surface area contributed by atoms with Crippen LogP contribution >= 0.6 is 0 Å². The number of anilines is 4. The molecule has 1 aromatic heterocycles. The zero-order chi connectivity index (χ0) is 27.3. The Labute approximate surface area is 239 Å². The largest absolute Gasteiger partial charge is 0.309 e. The van der Waals surface area contributed by atoms with Crippen molar-refractivity contribution in [3.05, 3.63) is 169 Å². The van der Waals surface area contributed by atoms with E-state index in [0.29, 0.717) is 0 Å². The van der Waals surface area contributed by atoms with Crippen LogP contribution < -0.4 is 10.0 Å². The van der Waals surface area contributed by atoms with E-state index in [9.17, 15) is 0 Å². The molecule has 0 atom stereocenters. The Morgan fingerprint density at radius 2 is 0.902 bits per heavy atom. The van der Waals surface area contributed by atoms with Crippen LogP contribution in [0.15, 0.2) is 158 Å². The van der Waals surface area contributed by atoms with Crippen molar-refractivity contribution >= 4 is 50.1 Å². The van der Waals surface area contributed by atoms with Gasteiger partial charge in [-0.1, -0.05) is 97.6 Å². The van der Waals surface area contributed by atoms with E-state index in [1.54, 1.807) is 0 Å².